The summed E-state index contributed by atoms with van der Waals surface area (Å²) in [5, 5.41) is 6.65. The second kappa shape index (κ2) is 3.65. The smallest absolute Gasteiger partial charge is 0.330 e. The monoisotopic (exact) mass is 128 g/mol. The molecule has 0 heterocycles. The van der Waals surface area contributed by atoms with Gasteiger partial charge in [-0.25, -0.2) is 4.79 Å². The van der Waals surface area contributed by atoms with Gasteiger partial charge in [0, 0.05) is 6.08 Å². The Labute approximate surface area is 52.8 Å². The van der Waals surface area contributed by atoms with Crippen LogP contribution in [0.3, 0.4) is 0 Å². The molecule has 0 saturated heterocycles. The van der Waals surface area contributed by atoms with Crippen LogP contribution in [0.5, 0.6) is 0 Å². The number of esters is 1. The molecule has 0 radical (unpaired) electrons. The fourth-order valence-electron chi connectivity index (χ4n) is 0.226. The van der Waals surface area contributed by atoms with E-state index in [0.29, 0.717) is 0 Å². The molecule has 0 fully saturated rings. The van der Waals surface area contributed by atoms with Crippen LogP contribution in [0, 0.1) is 5.41 Å². The predicted octanol–water partition coefficient (Wildman–Crippen LogP) is -0.348. The van der Waals surface area contributed by atoms with Crippen molar-refractivity contribution in [1.29, 1.82) is 5.41 Å². The molecule has 4 nitrogen and oxygen atoms in total. The van der Waals surface area contributed by atoms with Crippen LogP contribution in [-0.4, -0.2) is 18.9 Å². The number of nitrogens with one attached hydrogen (secondary N) is 1. The van der Waals surface area contributed by atoms with E-state index in [2.05, 4.69) is 4.74 Å². The summed E-state index contributed by atoms with van der Waals surface area (Å²) in [5.74, 6) is -0.675. The first-order chi connectivity index (χ1) is 4.16. The van der Waals surface area contributed by atoms with Crippen molar-refractivity contribution in [2.24, 2.45) is 5.73 Å². The highest BCUT2D eigenvalue weighted by molar-refractivity contribution is 5.95. The van der Waals surface area contributed by atoms with Crippen molar-refractivity contribution in [2.75, 3.05) is 7.11 Å². The molecular formula is C5H8N2O2. The maximum Gasteiger partial charge on any atom is 0.330 e. The zero-order chi connectivity index (χ0) is 7.28. The molecule has 0 spiro atoms. The Balaban J connectivity index is 3.71. The van der Waals surface area contributed by atoms with E-state index in [1.807, 2.05) is 0 Å². The molecule has 0 aromatic rings. The third-order valence-electron chi connectivity index (χ3n) is 0.600. The second-order valence-corrected chi connectivity index (χ2v) is 1.31. The van der Waals surface area contributed by atoms with E-state index < -0.39 is 5.97 Å². The van der Waals surface area contributed by atoms with E-state index in [1.54, 1.807) is 0 Å². The number of rotatable bonds is 2. The fraction of sp³-hybridized carbons (Fsp3) is 0.200. The Kier molecular flexibility index (Phi) is 3.12. The maximum atomic E-state index is 10.3. The van der Waals surface area contributed by atoms with Gasteiger partial charge in [0.15, 0.2) is 0 Å². The van der Waals surface area contributed by atoms with Gasteiger partial charge in [-0.15, -0.1) is 0 Å². The molecule has 0 bridgehead atoms. The van der Waals surface area contributed by atoms with Gasteiger partial charge in [-0.3, -0.25) is 5.41 Å². The average molecular weight is 128 g/mol. The average Bonchev–Trinajstić information content (AvgIpc) is 1.83. The largest absolute Gasteiger partial charge is 0.466 e. The van der Waals surface area contributed by atoms with E-state index in [4.69, 9.17) is 11.1 Å². The van der Waals surface area contributed by atoms with Crippen molar-refractivity contribution in [1.82, 2.24) is 0 Å². The molecular weight excluding hydrogens is 120 g/mol. The lowest BCUT2D eigenvalue weighted by Gasteiger charge is -1.87. The SMILES string of the molecule is COC(=O)/C=C/C(=N)N. The molecule has 3 N–H and O–H groups in total. The number of methoxy groups -OCH3 is 1. The molecule has 0 saturated carbocycles. The minimum atomic E-state index is -0.509. The molecule has 50 valence electrons. The molecule has 9 heavy (non-hydrogen) atoms. The minimum Gasteiger partial charge on any atom is -0.466 e. The van der Waals surface area contributed by atoms with Crippen LogP contribution >= 0.6 is 0 Å². The van der Waals surface area contributed by atoms with Gasteiger partial charge in [-0.05, 0) is 6.08 Å². The van der Waals surface area contributed by atoms with Gasteiger partial charge in [-0.1, -0.05) is 0 Å². The summed E-state index contributed by atoms with van der Waals surface area (Å²) in [4.78, 5) is 10.3. The van der Waals surface area contributed by atoms with Gasteiger partial charge in [0.05, 0.1) is 7.11 Å². The Morgan fingerprint density at radius 2 is 2.22 bits per heavy atom. The van der Waals surface area contributed by atoms with Crippen LogP contribution in [0.15, 0.2) is 12.2 Å². The minimum absolute atomic E-state index is 0.166. The Morgan fingerprint density at radius 1 is 1.67 bits per heavy atom. The Morgan fingerprint density at radius 3 is 2.56 bits per heavy atom. The number of carbonyl (C=O) groups is 1. The first-order valence-electron chi connectivity index (χ1n) is 2.27. The molecule has 0 aliphatic rings. The molecule has 0 aromatic carbocycles. The highest BCUT2D eigenvalue weighted by atomic mass is 16.5. The van der Waals surface area contributed by atoms with Gasteiger partial charge in [0.25, 0.3) is 0 Å². The highest BCUT2D eigenvalue weighted by Crippen LogP contribution is 1.75. The molecule has 0 amide bonds. The normalized spacial score (nSPS) is 9.44. The van der Waals surface area contributed by atoms with Gasteiger partial charge in [0.1, 0.15) is 5.84 Å². The van der Waals surface area contributed by atoms with Gasteiger partial charge < -0.3 is 10.5 Å². The fourth-order valence-corrected chi connectivity index (χ4v) is 0.226. The molecule has 0 aromatic heterocycles. The Bertz CT molecular complexity index is 151. The van der Waals surface area contributed by atoms with Crippen LogP contribution < -0.4 is 5.73 Å². The number of hydrogen-bond donors (Lipinski definition) is 2. The lowest BCUT2D eigenvalue weighted by Crippen LogP contribution is -2.06. The molecule has 0 rings (SSSR count). The standard InChI is InChI=1S/C5H8N2O2/c1-9-5(8)3-2-4(6)7/h2-3H,1H3,(H3,6,7)/b3-2+. The first-order valence-corrected chi connectivity index (χ1v) is 2.27. The van der Waals surface area contributed by atoms with Crippen LogP contribution in [0.2, 0.25) is 0 Å². The zero-order valence-corrected chi connectivity index (χ0v) is 5.05. The van der Waals surface area contributed by atoms with Crippen molar-refractivity contribution in [2.45, 2.75) is 0 Å². The second-order valence-electron chi connectivity index (χ2n) is 1.31. The van der Waals surface area contributed by atoms with E-state index in [9.17, 15) is 4.79 Å². The summed E-state index contributed by atoms with van der Waals surface area (Å²) in [6.07, 6.45) is 2.24. The molecule has 0 aliphatic heterocycles. The van der Waals surface area contributed by atoms with Crippen LogP contribution in [0.1, 0.15) is 0 Å². The van der Waals surface area contributed by atoms with Gasteiger partial charge >= 0.3 is 5.97 Å². The number of hydrogen-bond acceptors (Lipinski definition) is 3. The van der Waals surface area contributed by atoms with Crippen molar-refractivity contribution in [3.05, 3.63) is 12.2 Å². The Hall–Kier alpha value is -1.32. The van der Waals surface area contributed by atoms with Crippen molar-refractivity contribution in [3.63, 3.8) is 0 Å². The summed E-state index contributed by atoms with van der Waals surface area (Å²) >= 11 is 0. The van der Waals surface area contributed by atoms with Crippen LogP contribution in [-0.2, 0) is 9.53 Å². The number of ether oxygens (including phenoxy) is 1. The lowest BCUT2D eigenvalue weighted by molar-refractivity contribution is -0.134. The van der Waals surface area contributed by atoms with E-state index >= 15 is 0 Å². The summed E-state index contributed by atoms with van der Waals surface area (Å²) in [6, 6.07) is 0. The molecule has 0 aliphatic carbocycles. The van der Waals surface area contributed by atoms with Gasteiger partial charge in [-0.2, -0.15) is 0 Å². The summed E-state index contributed by atoms with van der Waals surface area (Å²) < 4.78 is 4.22. The van der Waals surface area contributed by atoms with Crippen molar-refractivity contribution < 1.29 is 9.53 Å². The van der Waals surface area contributed by atoms with E-state index in [-0.39, 0.29) is 5.84 Å². The van der Waals surface area contributed by atoms with Crippen LogP contribution in [0.25, 0.3) is 0 Å². The van der Waals surface area contributed by atoms with Crippen molar-refractivity contribution in [3.8, 4) is 0 Å². The third-order valence-corrected chi connectivity index (χ3v) is 0.600. The quantitative estimate of drug-likeness (QED) is 0.231. The number of carbonyl (C=O) groups excluding carboxylic acids is 1. The topological polar surface area (TPSA) is 76.2 Å². The van der Waals surface area contributed by atoms with Crippen molar-refractivity contribution >= 4 is 11.8 Å². The summed E-state index contributed by atoms with van der Waals surface area (Å²) in [7, 11) is 1.26. The predicted molar refractivity (Wildman–Crippen MR) is 33.1 cm³/mol. The summed E-state index contributed by atoms with van der Waals surface area (Å²) in [5.41, 5.74) is 4.88. The lowest BCUT2D eigenvalue weighted by atomic mass is 10.5. The third kappa shape index (κ3) is 4.53. The van der Waals surface area contributed by atoms with E-state index in [0.717, 1.165) is 12.2 Å². The first kappa shape index (κ1) is 7.68. The molecule has 4 heteroatoms. The van der Waals surface area contributed by atoms with Crippen LogP contribution in [0.4, 0.5) is 0 Å². The van der Waals surface area contributed by atoms with E-state index in [1.165, 1.54) is 7.11 Å². The van der Waals surface area contributed by atoms with Gasteiger partial charge in [0.2, 0.25) is 0 Å². The highest BCUT2D eigenvalue weighted by Gasteiger charge is 1.88. The number of amidine groups is 1. The summed E-state index contributed by atoms with van der Waals surface area (Å²) in [6.45, 7) is 0. The molecule has 0 atom stereocenters. The zero-order valence-electron chi connectivity index (χ0n) is 5.05. The number of nitrogens with two attached hydrogens (primary N) is 1. The maximum absolute atomic E-state index is 10.3. The molecule has 0 unspecified atom stereocenters.